The minimum atomic E-state index is -0.408. The van der Waals surface area contributed by atoms with Crippen molar-refractivity contribution in [3.05, 3.63) is 233 Å². The van der Waals surface area contributed by atoms with Crippen LogP contribution in [-0.4, -0.2) is 14.1 Å². The molecule has 6 heteroatoms. The molecular weight excluding hydrogens is 1140 g/mol. The van der Waals surface area contributed by atoms with Crippen molar-refractivity contribution in [2.24, 2.45) is 0 Å². The van der Waals surface area contributed by atoms with E-state index in [1.165, 1.54) is 44.5 Å². The maximum Gasteiger partial charge on any atom is 0.267 e. The van der Waals surface area contributed by atoms with Gasteiger partial charge in [0.2, 0.25) is 0 Å². The number of imidazole rings is 1. The van der Waals surface area contributed by atoms with Crippen molar-refractivity contribution < 1.29 is 30.4 Å². The third-order valence-corrected chi connectivity index (χ3v) is 16.2. The summed E-state index contributed by atoms with van der Waals surface area (Å²) in [6, 6.07) is 62.9. The van der Waals surface area contributed by atoms with Gasteiger partial charge in [0.1, 0.15) is 5.82 Å². The summed E-state index contributed by atoms with van der Waals surface area (Å²) in [5.74, 6) is 3.10. The van der Waals surface area contributed by atoms with E-state index in [1.54, 1.807) is 0 Å². The van der Waals surface area contributed by atoms with Gasteiger partial charge in [-0.1, -0.05) is 213 Å². The maximum absolute atomic E-state index is 7.09. The van der Waals surface area contributed by atoms with E-state index in [1.807, 2.05) is 6.20 Å². The van der Waals surface area contributed by atoms with Crippen LogP contribution >= 0.6 is 0 Å². The molecule has 0 spiro atoms. The van der Waals surface area contributed by atoms with Gasteiger partial charge in [-0.05, 0) is 120 Å². The summed E-state index contributed by atoms with van der Waals surface area (Å²) in [6.45, 7) is 36.6. The maximum atomic E-state index is 7.09. The molecule has 3 heterocycles. The van der Waals surface area contributed by atoms with Gasteiger partial charge in [-0.25, -0.2) is 4.98 Å². The Bertz CT molecular complexity index is 3790. The molecule has 0 radical (unpaired) electrons. The number of rotatable bonds is 13. The molecule has 0 fully saturated rings. The van der Waals surface area contributed by atoms with E-state index in [2.05, 4.69) is 301 Å². The molecule has 0 saturated carbocycles. The van der Waals surface area contributed by atoms with Gasteiger partial charge in [0.25, 0.3) is 6.33 Å². The molecule has 0 bridgehead atoms. The topological polar surface area (TPSA) is 35.9 Å². The zero-order chi connectivity index (χ0) is 55.6. The molecule has 0 aliphatic heterocycles. The van der Waals surface area contributed by atoms with E-state index >= 15 is 0 Å². The molecular formula is C73H78N4OPt-2. The van der Waals surface area contributed by atoms with Crippen LogP contribution in [0.2, 0.25) is 0 Å². The van der Waals surface area contributed by atoms with Crippen LogP contribution in [0.5, 0.6) is 11.5 Å². The van der Waals surface area contributed by atoms with Crippen LogP contribution in [-0.2, 0) is 42.7 Å². The first-order valence-corrected chi connectivity index (χ1v) is 28.1. The summed E-state index contributed by atoms with van der Waals surface area (Å²) >= 11 is 0. The van der Waals surface area contributed by atoms with Gasteiger partial charge in [0.15, 0.2) is 0 Å². The molecule has 79 heavy (non-hydrogen) atoms. The standard InChI is InChI=1S/C73H78N4O.Pt/c1-47(2)51-36-62(48(3)4)69(63(37-51)49(5)6)50-34-35-74-68(38-50)77-65-33-30-55(72(13,14)52-24-19-17-20-25-52)42-64(65)61-32-31-59(44-66(61)77)78-60-41-56(71(10,11)12)40-58(43-60)76-46-75(57-29-23-28-54(39-57)70(7,8)9)45-67(76)73(15,16)53-26-21-18-22-27-53;/h17-42,45,47-49H,1-16H3;/q-2;. The minimum Gasteiger partial charge on any atom is -0.510 e. The SMILES string of the molecule is CC(C)c1cc(C(C)C)c(-c2ccnc(-n3c4[c-]c(Oc5[c-]c(-n6[c-][n+](-c7cccc(C(C)(C)C)c7)cc6C(C)(C)c6ccccc6)cc(C(C)(C)C)c5)ccc4c4cc(C(C)(C)c5ccccc5)ccc43)c2)c(C(C)C)c1.[Pt]. The van der Waals surface area contributed by atoms with Crippen molar-refractivity contribution in [1.82, 2.24) is 14.1 Å². The number of benzene rings is 7. The minimum absolute atomic E-state index is 0. The van der Waals surface area contributed by atoms with Crippen molar-refractivity contribution in [3.8, 4) is 39.8 Å². The van der Waals surface area contributed by atoms with E-state index in [0.717, 1.165) is 55.8 Å². The normalized spacial score (nSPS) is 12.5. The number of fused-ring (bicyclic) bond motifs is 3. The zero-order valence-electron chi connectivity index (χ0n) is 49.3. The van der Waals surface area contributed by atoms with Crippen LogP contribution in [0, 0.1) is 18.5 Å². The molecule has 7 aromatic carbocycles. The second-order valence-corrected chi connectivity index (χ2v) is 25.7. The van der Waals surface area contributed by atoms with Gasteiger partial charge < -0.3 is 13.9 Å². The first-order chi connectivity index (χ1) is 36.9. The van der Waals surface area contributed by atoms with Gasteiger partial charge in [-0.15, -0.1) is 29.7 Å². The quantitative estimate of drug-likeness (QED) is 0.0852. The van der Waals surface area contributed by atoms with E-state index < -0.39 is 5.41 Å². The molecule has 408 valence electrons. The second-order valence-electron chi connectivity index (χ2n) is 25.7. The smallest absolute Gasteiger partial charge is 0.267 e. The monoisotopic (exact) mass is 1220 g/mol. The number of hydrogen-bond donors (Lipinski definition) is 0. The van der Waals surface area contributed by atoms with Crippen molar-refractivity contribution in [1.29, 1.82) is 0 Å². The summed E-state index contributed by atoms with van der Waals surface area (Å²) < 4.78 is 13.7. The average molecular weight is 1220 g/mol. The van der Waals surface area contributed by atoms with Crippen LogP contribution in [0.15, 0.2) is 164 Å². The third kappa shape index (κ3) is 11.1. The Hall–Kier alpha value is -6.81. The van der Waals surface area contributed by atoms with Gasteiger partial charge >= 0.3 is 0 Å². The second kappa shape index (κ2) is 21.7. The predicted molar refractivity (Wildman–Crippen MR) is 325 cm³/mol. The van der Waals surface area contributed by atoms with Gasteiger partial charge in [-0.3, -0.25) is 4.57 Å². The molecule has 0 N–H and O–H groups in total. The molecule has 0 atom stereocenters. The fraction of sp³-hybridized carbons (Fsp3) is 0.315. The van der Waals surface area contributed by atoms with Gasteiger partial charge in [0.05, 0.1) is 11.4 Å². The Kier molecular flexibility index (Phi) is 15.6. The van der Waals surface area contributed by atoms with E-state index in [9.17, 15) is 0 Å². The van der Waals surface area contributed by atoms with Crippen LogP contribution < -0.4 is 9.30 Å². The Labute approximate surface area is 486 Å². The molecule has 10 rings (SSSR count). The first-order valence-electron chi connectivity index (χ1n) is 28.1. The van der Waals surface area contributed by atoms with Crippen LogP contribution in [0.1, 0.15) is 179 Å². The Morgan fingerprint density at radius 2 is 1.14 bits per heavy atom. The zero-order valence-corrected chi connectivity index (χ0v) is 51.6. The average Bonchev–Trinajstić information content (AvgIpc) is 4.03. The first kappa shape index (κ1) is 56.9. The molecule has 10 aromatic rings. The number of ether oxygens (including phenoxy) is 1. The fourth-order valence-corrected chi connectivity index (χ4v) is 11.1. The van der Waals surface area contributed by atoms with E-state index in [0.29, 0.717) is 29.3 Å². The largest absolute Gasteiger partial charge is 0.510 e. The summed E-state index contributed by atoms with van der Waals surface area (Å²) in [6.07, 6.45) is 8.01. The summed E-state index contributed by atoms with van der Waals surface area (Å²) in [5.41, 5.74) is 16.7. The number of hydrogen-bond acceptors (Lipinski definition) is 2. The Morgan fingerprint density at radius 3 is 1.75 bits per heavy atom. The van der Waals surface area contributed by atoms with Gasteiger partial charge in [-0.2, -0.15) is 17.7 Å². The van der Waals surface area contributed by atoms with Crippen molar-refractivity contribution >= 4 is 21.8 Å². The van der Waals surface area contributed by atoms with E-state index in [-0.39, 0.29) is 37.3 Å². The van der Waals surface area contributed by atoms with E-state index in [4.69, 9.17) is 9.72 Å². The summed E-state index contributed by atoms with van der Waals surface area (Å²) in [5, 5.41) is 2.21. The molecule has 0 aliphatic carbocycles. The molecule has 0 saturated heterocycles. The van der Waals surface area contributed by atoms with Crippen LogP contribution in [0.4, 0.5) is 0 Å². The number of aromatic nitrogens is 4. The van der Waals surface area contributed by atoms with Crippen molar-refractivity contribution in [2.75, 3.05) is 0 Å². The predicted octanol–water partition coefficient (Wildman–Crippen LogP) is 18.7. The number of nitrogens with zero attached hydrogens (tertiary/aromatic N) is 4. The number of pyridine rings is 1. The van der Waals surface area contributed by atoms with Crippen LogP contribution in [0.25, 0.3) is 50.1 Å². The molecule has 0 amide bonds. The summed E-state index contributed by atoms with van der Waals surface area (Å²) in [7, 11) is 0. The Balaban J connectivity index is 0.00000757. The molecule has 0 aliphatic rings. The van der Waals surface area contributed by atoms with Crippen molar-refractivity contribution in [3.63, 3.8) is 0 Å². The van der Waals surface area contributed by atoms with Crippen LogP contribution in [0.3, 0.4) is 0 Å². The fourth-order valence-electron chi connectivity index (χ4n) is 11.1. The van der Waals surface area contributed by atoms with Crippen molar-refractivity contribution in [2.45, 2.75) is 150 Å². The third-order valence-electron chi connectivity index (χ3n) is 16.2. The molecule has 3 aromatic heterocycles. The molecule has 5 nitrogen and oxygen atoms in total. The molecule has 0 unspecified atom stereocenters. The Morgan fingerprint density at radius 1 is 0.519 bits per heavy atom. The van der Waals surface area contributed by atoms with Gasteiger partial charge in [0, 0.05) is 61.3 Å². The summed E-state index contributed by atoms with van der Waals surface area (Å²) in [4.78, 5) is 5.20.